The number of nitrogens with one attached hydrogen (secondary N) is 1. The summed E-state index contributed by atoms with van der Waals surface area (Å²) in [5.41, 5.74) is 6.44. The molecular formula is C26H27N7O6S. The molecule has 1 aromatic carbocycles. The van der Waals surface area contributed by atoms with Crippen molar-refractivity contribution in [3.8, 4) is 17.2 Å². The minimum Gasteiger partial charge on any atom is -0.506 e. The van der Waals surface area contributed by atoms with E-state index < -0.39 is 10.0 Å². The maximum absolute atomic E-state index is 13.0. The number of benzene rings is 1. The van der Waals surface area contributed by atoms with Crippen LogP contribution in [0.25, 0.3) is 22.7 Å². The summed E-state index contributed by atoms with van der Waals surface area (Å²) >= 11 is 0. The Hall–Kier alpha value is -4.64. The van der Waals surface area contributed by atoms with Gasteiger partial charge < -0.3 is 19.5 Å². The van der Waals surface area contributed by atoms with Gasteiger partial charge in [0.25, 0.3) is 0 Å². The Labute approximate surface area is 230 Å². The maximum atomic E-state index is 13.0. The molecule has 13 nitrogen and oxygen atoms in total. The van der Waals surface area contributed by atoms with Crippen molar-refractivity contribution < 1.29 is 27.8 Å². The first kappa shape index (κ1) is 26.9. The highest BCUT2D eigenvalue weighted by Gasteiger charge is 2.29. The van der Waals surface area contributed by atoms with Gasteiger partial charge in [-0.1, -0.05) is 11.8 Å². The van der Waals surface area contributed by atoms with E-state index in [1.54, 1.807) is 24.1 Å². The Kier molecular flexibility index (Phi) is 7.31. The molecule has 40 heavy (non-hydrogen) atoms. The molecule has 2 aromatic heterocycles. The van der Waals surface area contributed by atoms with Crippen molar-refractivity contribution in [1.29, 1.82) is 0 Å². The summed E-state index contributed by atoms with van der Waals surface area (Å²) in [6.07, 6.45) is 3.52. The number of para-hydroxylation sites is 1. The van der Waals surface area contributed by atoms with Gasteiger partial charge in [-0.3, -0.25) is 14.1 Å². The van der Waals surface area contributed by atoms with Crippen LogP contribution in [0, 0.1) is 5.92 Å². The van der Waals surface area contributed by atoms with Crippen LogP contribution in [0.5, 0.6) is 11.5 Å². The summed E-state index contributed by atoms with van der Waals surface area (Å²) in [7, 11) is -0.718. The lowest BCUT2D eigenvalue weighted by Crippen LogP contribution is -2.38. The number of aliphatic imine (C=N–C) groups is 1. The number of aromatic hydroxyl groups is 1. The van der Waals surface area contributed by atoms with Gasteiger partial charge in [-0.2, -0.15) is 0 Å². The average Bonchev–Trinajstić information content (AvgIpc) is 3.29. The number of hydrogen-bond acceptors (Lipinski definition) is 10. The lowest BCUT2D eigenvalue weighted by molar-refractivity contribution is -0.133. The second-order valence-corrected chi connectivity index (χ2v) is 11.0. The third kappa shape index (κ3) is 5.41. The fourth-order valence-electron chi connectivity index (χ4n) is 4.50. The first-order chi connectivity index (χ1) is 19.2. The van der Waals surface area contributed by atoms with Crippen LogP contribution >= 0.6 is 0 Å². The van der Waals surface area contributed by atoms with Gasteiger partial charge in [-0.05, 0) is 37.1 Å². The van der Waals surface area contributed by atoms with Crippen molar-refractivity contribution in [2.75, 3.05) is 37.8 Å². The number of imidazole rings is 1. The fourth-order valence-corrected chi connectivity index (χ4v) is 5.90. The Balaban J connectivity index is 1.59. The molecule has 0 saturated carbocycles. The zero-order valence-electron chi connectivity index (χ0n) is 22.1. The number of methoxy groups -OCH3 is 1. The monoisotopic (exact) mass is 565 g/mol. The fraction of sp³-hybridized carbons (Fsp3) is 0.346. The largest absolute Gasteiger partial charge is 0.506 e. The first-order valence-electron chi connectivity index (χ1n) is 12.5. The number of aromatic nitrogens is 4. The molecule has 0 spiro atoms. The molecule has 1 amide bonds. The van der Waals surface area contributed by atoms with Gasteiger partial charge in [0, 0.05) is 20.0 Å². The lowest BCUT2D eigenvalue weighted by Gasteiger charge is -2.28. The summed E-state index contributed by atoms with van der Waals surface area (Å²) < 4.78 is 41.0. The number of rotatable bonds is 8. The van der Waals surface area contributed by atoms with E-state index in [0.717, 1.165) is 0 Å². The minimum atomic E-state index is -3.87. The summed E-state index contributed by atoms with van der Waals surface area (Å²) in [6.45, 7) is 2.70. The smallest absolute Gasteiger partial charge is 0.234 e. The molecule has 3 aromatic rings. The Morgan fingerprint density at radius 3 is 2.85 bits per heavy atom. The molecular weight excluding hydrogens is 538 g/mol. The van der Waals surface area contributed by atoms with Crippen LogP contribution in [-0.2, 0) is 19.6 Å². The molecule has 4 heterocycles. The van der Waals surface area contributed by atoms with E-state index in [2.05, 4.69) is 36.1 Å². The van der Waals surface area contributed by atoms with Crippen LogP contribution in [0.15, 0.2) is 46.9 Å². The van der Waals surface area contributed by atoms with Gasteiger partial charge in [-0.25, -0.2) is 28.4 Å². The van der Waals surface area contributed by atoms with Gasteiger partial charge >= 0.3 is 0 Å². The molecule has 2 aliphatic heterocycles. The number of anilines is 1. The highest BCUT2D eigenvalue weighted by atomic mass is 32.2. The van der Waals surface area contributed by atoms with Crippen LogP contribution in [0.1, 0.15) is 25.6 Å². The van der Waals surface area contributed by atoms with E-state index in [-0.39, 0.29) is 64.1 Å². The van der Waals surface area contributed by atoms with E-state index in [0.29, 0.717) is 31.2 Å². The Morgan fingerprint density at radius 1 is 1.27 bits per heavy atom. The first-order valence-corrected chi connectivity index (χ1v) is 14.1. The molecule has 0 radical (unpaired) electrons. The summed E-state index contributed by atoms with van der Waals surface area (Å²) in [5, 5.41) is 10.9. The SMILES string of the molecule is CCOC1=NC(c2nc3ncc(NS(=O)(=O)C[C@H]4CCN(C)C(=O)C4)nc3n2-c2c(O)cccc2OC)=C=C=C1. The second kappa shape index (κ2) is 10.9. The van der Waals surface area contributed by atoms with E-state index in [1.807, 2.05) is 6.92 Å². The number of ether oxygens (including phenoxy) is 2. The molecule has 2 N–H and O–H groups in total. The van der Waals surface area contributed by atoms with Gasteiger partial charge in [0.1, 0.15) is 17.2 Å². The normalized spacial score (nSPS) is 17.1. The number of sulfonamides is 1. The van der Waals surface area contributed by atoms with Crippen molar-refractivity contribution in [3.05, 3.63) is 47.8 Å². The van der Waals surface area contributed by atoms with Gasteiger partial charge in [0.15, 0.2) is 28.6 Å². The molecule has 0 aliphatic carbocycles. The van der Waals surface area contributed by atoms with E-state index in [1.165, 1.54) is 30.0 Å². The number of carbonyl (C=O) groups is 1. The third-order valence-electron chi connectivity index (χ3n) is 6.38. The predicted molar refractivity (Wildman–Crippen MR) is 147 cm³/mol. The van der Waals surface area contributed by atoms with Crippen molar-refractivity contribution in [2.45, 2.75) is 19.8 Å². The molecule has 0 unspecified atom stereocenters. The van der Waals surface area contributed by atoms with Crippen LogP contribution in [-0.4, -0.2) is 82.8 Å². The van der Waals surface area contributed by atoms with E-state index in [4.69, 9.17) is 9.47 Å². The van der Waals surface area contributed by atoms with Crippen molar-refractivity contribution in [1.82, 2.24) is 24.4 Å². The van der Waals surface area contributed by atoms with Gasteiger partial charge in [0.05, 0.1) is 31.7 Å². The molecule has 1 saturated heterocycles. The van der Waals surface area contributed by atoms with Crippen LogP contribution in [0.4, 0.5) is 5.82 Å². The van der Waals surface area contributed by atoms with E-state index in [9.17, 15) is 18.3 Å². The number of phenolic OH excluding ortho intramolecular Hbond substituents is 1. The Bertz CT molecular complexity index is 1730. The quantitative estimate of drug-likeness (QED) is 0.390. The van der Waals surface area contributed by atoms with Crippen LogP contribution in [0.3, 0.4) is 0 Å². The molecule has 0 bridgehead atoms. The van der Waals surface area contributed by atoms with Gasteiger partial charge in [-0.15, -0.1) is 0 Å². The molecule has 14 heteroatoms. The summed E-state index contributed by atoms with van der Waals surface area (Å²) in [6, 6.07) is 4.73. The lowest BCUT2D eigenvalue weighted by atomic mass is 9.99. The molecule has 5 rings (SSSR count). The summed E-state index contributed by atoms with van der Waals surface area (Å²) in [4.78, 5) is 31.5. The number of carbonyl (C=O) groups excluding carboxylic acids is 1. The van der Waals surface area contributed by atoms with Crippen molar-refractivity contribution >= 4 is 44.6 Å². The molecule has 208 valence electrons. The summed E-state index contributed by atoms with van der Waals surface area (Å²) in [5.74, 6) is -0.0513. The number of hydrogen-bond donors (Lipinski definition) is 2. The van der Waals surface area contributed by atoms with Crippen LogP contribution < -0.4 is 9.46 Å². The van der Waals surface area contributed by atoms with Gasteiger partial charge in [0.2, 0.25) is 21.8 Å². The molecule has 2 aliphatic rings. The standard InChI is InChI=1S/C26H27N7O6S/c1-4-39-21-10-5-7-17(28-21)25-30-24-26(33(25)23-18(34)8-6-9-19(23)38-3)29-20(14-27-24)31-40(36,37)15-16-11-12-32(2)22(35)13-16/h6,8-10,14,16,34H,4,11-13,15H2,1-3H3,(H,29,31)/t16-/m0/s1. The highest BCUT2D eigenvalue weighted by Crippen LogP contribution is 2.36. The van der Waals surface area contributed by atoms with Crippen molar-refractivity contribution in [2.24, 2.45) is 10.9 Å². The number of nitrogens with zero attached hydrogens (tertiary/aromatic N) is 6. The minimum absolute atomic E-state index is 0.0552. The Morgan fingerprint density at radius 2 is 2.10 bits per heavy atom. The number of amides is 1. The number of phenols is 1. The third-order valence-corrected chi connectivity index (χ3v) is 7.81. The van der Waals surface area contributed by atoms with Crippen molar-refractivity contribution in [3.63, 3.8) is 0 Å². The van der Waals surface area contributed by atoms with Crippen LogP contribution in [0.2, 0.25) is 0 Å². The number of likely N-dealkylation sites (tertiary alicyclic amines) is 1. The number of piperidine rings is 1. The zero-order valence-corrected chi connectivity index (χ0v) is 22.9. The zero-order chi connectivity index (χ0) is 28.4. The topological polar surface area (TPSA) is 161 Å². The number of fused-ring (bicyclic) bond motifs is 1. The molecule has 1 atom stereocenters. The maximum Gasteiger partial charge on any atom is 0.234 e. The average molecular weight is 566 g/mol. The second-order valence-electron chi connectivity index (χ2n) is 9.20. The molecule has 1 fully saturated rings. The van der Waals surface area contributed by atoms with E-state index >= 15 is 0 Å². The predicted octanol–water partition coefficient (Wildman–Crippen LogP) is 2.24. The highest BCUT2D eigenvalue weighted by molar-refractivity contribution is 7.92.